The van der Waals surface area contributed by atoms with Gasteiger partial charge in [-0.25, -0.2) is 12.8 Å². The highest BCUT2D eigenvalue weighted by Crippen LogP contribution is 2.26. The van der Waals surface area contributed by atoms with E-state index >= 15 is 0 Å². The molecule has 5 nitrogen and oxygen atoms in total. The molecule has 0 unspecified atom stereocenters. The summed E-state index contributed by atoms with van der Waals surface area (Å²) in [5, 5.41) is 0. The van der Waals surface area contributed by atoms with E-state index in [0.29, 0.717) is 25.9 Å². The van der Waals surface area contributed by atoms with Crippen LogP contribution in [-0.2, 0) is 14.8 Å². The molecule has 136 valence electrons. The standard InChI is InChI=1S/C18H23FN2O3S/c1-3-11-20(12-4-2)18(22)15-9-13-21(14-10-15)25(23,24)17-8-6-5-7-16(17)19/h3-8,15H,1-2,9-14H2. The maximum absolute atomic E-state index is 13.8. The summed E-state index contributed by atoms with van der Waals surface area (Å²) in [7, 11) is -3.88. The number of piperidine rings is 1. The van der Waals surface area contributed by atoms with Gasteiger partial charge >= 0.3 is 0 Å². The largest absolute Gasteiger partial charge is 0.335 e. The molecule has 2 rings (SSSR count). The number of nitrogens with zero attached hydrogens (tertiary/aromatic N) is 2. The molecule has 0 aliphatic carbocycles. The highest BCUT2D eigenvalue weighted by Gasteiger charge is 2.34. The van der Waals surface area contributed by atoms with Gasteiger partial charge in [0.1, 0.15) is 10.7 Å². The smallest absolute Gasteiger partial charge is 0.245 e. The first-order valence-corrected chi connectivity index (χ1v) is 9.61. The highest BCUT2D eigenvalue weighted by molar-refractivity contribution is 7.89. The Balaban J connectivity index is 2.06. The van der Waals surface area contributed by atoms with Gasteiger partial charge in [0.25, 0.3) is 0 Å². The minimum Gasteiger partial charge on any atom is -0.335 e. The van der Waals surface area contributed by atoms with Crippen LogP contribution in [0.3, 0.4) is 0 Å². The van der Waals surface area contributed by atoms with E-state index in [4.69, 9.17) is 0 Å². The maximum atomic E-state index is 13.8. The number of hydrogen-bond donors (Lipinski definition) is 0. The van der Waals surface area contributed by atoms with Crippen molar-refractivity contribution >= 4 is 15.9 Å². The van der Waals surface area contributed by atoms with E-state index in [9.17, 15) is 17.6 Å². The van der Waals surface area contributed by atoms with E-state index in [1.165, 1.54) is 22.5 Å². The van der Waals surface area contributed by atoms with Gasteiger partial charge in [-0.2, -0.15) is 4.31 Å². The molecule has 0 bridgehead atoms. The summed E-state index contributed by atoms with van der Waals surface area (Å²) in [6.07, 6.45) is 4.13. The van der Waals surface area contributed by atoms with Crippen molar-refractivity contribution in [2.45, 2.75) is 17.7 Å². The molecule has 1 heterocycles. The Bertz CT molecular complexity index is 730. The van der Waals surface area contributed by atoms with Crippen molar-refractivity contribution in [3.63, 3.8) is 0 Å². The van der Waals surface area contributed by atoms with Crippen molar-refractivity contribution in [3.05, 3.63) is 55.4 Å². The fourth-order valence-corrected chi connectivity index (χ4v) is 4.50. The molecule has 0 spiro atoms. The summed E-state index contributed by atoms with van der Waals surface area (Å²) in [6, 6.07) is 5.34. The zero-order valence-corrected chi connectivity index (χ0v) is 14.9. The van der Waals surface area contributed by atoms with Crippen LogP contribution in [0.25, 0.3) is 0 Å². The molecule has 0 radical (unpaired) electrons. The van der Waals surface area contributed by atoms with Gasteiger partial charge in [0.2, 0.25) is 15.9 Å². The number of hydrogen-bond acceptors (Lipinski definition) is 3. The lowest BCUT2D eigenvalue weighted by Gasteiger charge is -2.33. The number of amides is 1. The monoisotopic (exact) mass is 366 g/mol. The Labute approximate surface area is 148 Å². The van der Waals surface area contributed by atoms with Crippen LogP contribution in [0.5, 0.6) is 0 Å². The molecule has 0 N–H and O–H groups in total. The molecule has 1 aliphatic rings. The van der Waals surface area contributed by atoms with E-state index in [1.54, 1.807) is 17.1 Å². The van der Waals surface area contributed by atoms with E-state index in [1.807, 2.05) is 0 Å². The number of benzene rings is 1. The van der Waals surface area contributed by atoms with Gasteiger partial charge in [0.05, 0.1) is 0 Å². The van der Waals surface area contributed by atoms with Gasteiger partial charge in [-0.3, -0.25) is 4.79 Å². The quantitative estimate of drug-likeness (QED) is 0.697. The molecule has 0 aromatic heterocycles. The minimum atomic E-state index is -3.88. The van der Waals surface area contributed by atoms with Crippen LogP contribution < -0.4 is 0 Å². The molecular formula is C18H23FN2O3S. The van der Waals surface area contributed by atoms with E-state index < -0.39 is 15.8 Å². The Morgan fingerprint density at radius 2 is 1.76 bits per heavy atom. The van der Waals surface area contributed by atoms with Crippen molar-refractivity contribution in [2.24, 2.45) is 5.92 Å². The van der Waals surface area contributed by atoms with E-state index in [-0.39, 0.29) is 29.8 Å². The third-order valence-electron chi connectivity index (χ3n) is 4.27. The molecule has 25 heavy (non-hydrogen) atoms. The van der Waals surface area contributed by atoms with Gasteiger partial charge in [-0.1, -0.05) is 24.3 Å². The normalized spacial score (nSPS) is 16.4. The summed E-state index contributed by atoms with van der Waals surface area (Å²) in [5.41, 5.74) is 0. The number of carbonyl (C=O) groups excluding carboxylic acids is 1. The molecule has 1 amide bonds. The van der Waals surface area contributed by atoms with Crippen molar-refractivity contribution in [1.29, 1.82) is 0 Å². The molecule has 1 aliphatic heterocycles. The fraction of sp³-hybridized carbons (Fsp3) is 0.389. The van der Waals surface area contributed by atoms with E-state index in [2.05, 4.69) is 13.2 Å². The highest BCUT2D eigenvalue weighted by atomic mass is 32.2. The average Bonchev–Trinajstić information content (AvgIpc) is 2.61. The molecule has 1 aromatic rings. The van der Waals surface area contributed by atoms with Crippen LogP contribution in [0, 0.1) is 11.7 Å². The van der Waals surface area contributed by atoms with Gasteiger partial charge in [0, 0.05) is 32.1 Å². The number of sulfonamides is 1. The molecule has 0 atom stereocenters. The zero-order chi connectivity index (χ0) is 18.4. The first kappa shape index (κ1) is 19.3. The lowest BCUT2D eigenvalue weighted by atomic mass is 9.96. The third-order valence-corrected chi connectivity index (χ3v) is 6.20. The minimum absolute atomic E-state index is 0.0252. The van der Waals surface area contributed by atoms with Crippen LogP contribution in [-0.4, -0.2) is 49.7 Å². The number of halogens is 1. The zero-order valence-electron chi connectivity index (χ0n) is 14.1. The summed E-state index contributed by atoms with van der Waals surface area (Å²) >= 11 is 0. The summed E-state index contributed by atoms with van der Waals surface area (Å²) in [6.45, 7) is 8.54. The summed E-state index contributed by atoms with van der Waals surface area (Å²) in [5.74, 6) is -1.03. The second kappa shape index (κ2) is 8.40. The maximum Gasteiger partial charge on any atom is 0.245 e. The lowest BCUT2D eigenvalue weighted by Crippen LogP contribution is -2.44. The Kier molecular flexibility index (Phi) is 6.50. The molecule has 1 fully saturated rings. The Morgan fingerprint density at radius 3 is 2.28 bits per heavy atom. The Hall–Kier alpha value is -1.99. The van der Waals surface area contributed by atoms with Crippen molar-refractivity contribution in [3.8, 4) is 0 Å². The second-order valence-corrected chi connectivity index (χ2v) is 7.84. The number of rotatable bonds is 7. The lowest BCUT2D eigenvalue weighted by molar-refractivity contribution is -0.135. The van der Waals surface area contributed by atoms with Crippen molar-refractivity contribution in [2.75, 3.05) is 26.2 Å². The topological polar surface area (TPSA) is 57.7 Å². The van der Waals surface area contributed by atoms with Gasteiger partial charge in [0.15, 0.2) is 0 Å². The first-order chi connectivity index (χ1) is 11.9. The van der Waals surface area contributed by atoms with Crippen molar-refractivity contribution in [1.82, 2.24) is 9.21 Å². The van der Waals surface area contributed by atoms with E-state index in [0.717, 1.165) is 6.07 Å². The van der Waals surface area contributed by atoms with Gasteiger partial charge in [-0.15, -0.1) is 13.2 Å². The SMILES string of the molecule is C=CCN(CC=C)C(=O)C1CCN(S(=O)(=O)c2ccccc2F)CC1. The Morgan fingerprint density at radius 1 is 1.20 bits per heavy atom. The van der Waals surface area contributed by atoms with Crippen LogP contribution in [0.1, 0.15) is 12.8 Å². The molecular weight excluding hydrogens is 343 g/mol. The summed E-state index contributed by atoms with van der Waals surface area (Å²) in [4.78, 5) is 13.9. The fourth-order valence-electron chi connectivity index (χ4n) is 2.96. The number of carbonyl (C=O) groups is 1. The second-order valence-electron chi connectivity index (χ2n) is 5.93. The molecule has 1 aromatic carbocycles. The predicted molar refractivity (Wildman–Crippen MR) is 94.9 cm³/mol. The van der Waals surface area contributed by atoms with Crippen molar-refractivity contribution < 1.29 is 17.6 Å². The third kappa shape index (κ3) is 4.35. The first-order valence-electron chi connectivity index (χ1n) is 8.17. The molecule has 0 saturated carbocycles. The predicted octanol–water partition coefficient (Wildman–Crippen LogP) is 2.43. The molecule has 7 heteroatoms. The van der Waals surface area contributed by atoms with Gasteiger partial charge < -0.3 is 4.90 Å². The average molecular weight is 366 g/mol. The summed E-state index contributed by atoms with van der Waals surface area (Å²) < 4.78 is 40.3. The van der Waals surface area contributed by atoms with Crippen LogP contribution in [0.2, 0.25) is 0 Å². The van der Waals surface area contributed by atoms with Crippen LogP contribution in [0.4, 0.5) is 4.39 Å². The van der Waals surface area contributed by atoms with Crippen LogP contribution >= 0.6 is 0 Å². The van der Waals surface area contributed by atoms with Crippen LogP contribution in [0.15, 0.2) is 54.5 Å². The molecule has 1 saturated heterocycles. The van der Waals surface area contributed by atoms with Gasteiger partial charge in [-0.05, 0) is 25.0 Å².